The molecule has 0 aromatic heterocycles. The van der Waals surface area contributed by atoms with Gasteiger partial charge in [0.1, 0.15) is 5.82 Å². The summed E-state index contributed by atoms with van der Waals surface area (Å²) in [6.07, 6.45) is 0.977. The van der Waals surface area contributed by atoms with Crippen molar-refractivity contribution < 1.29 is 18.7 Å². The molecule has 2 fully saturated rings. The molecule has 0 N–H and O–H groups in total. The van der Waals surface area contributed by atoms with Crippen LogP contribution in [0, 0.1) is 5.82 Å². The zero-order chi connectivity index (χ0) is 21.0. The van der Waals surface area contributed by atoms with Crippen LogP contribution >= 0.6 is 0 Å². The summed E-state index contributed by atoms with van der Waals surface area (Å²) in [5.74, 6) is -0.373. The van der Waals surface area contributed by atoms with E-state index >= 15 is 0 Å². The molecule has 5 nitrogen and oxygen atoms in total. The molecule has 0 radical (unpaired) electrons. The van der Waals surface area contributed by atoms with Crippen molar-refractivity contribution in [1.29, 1.82) is 0 Å². The second kappa shape index (κ2) is 9.14. The van der Waals surface area contributed by atoms with Crippen LogP contribution in [0.1, 0.15) is 24.0 Å². The molecule has 160 valence electrons. The predicted octanol–water partition coefficient (Wildman–Crippen LogP) is 3.37. The summed E-state index contributed by atoms with van der Waals surface area (Å²) in [7, 11) is 1.82. The van der Waals surface area contributed by atoms with Crippen LogP contribution in [0.5, 0.6) is 0 Å². The van der Waals surface area contributed by atoms with Gasteiger partial charge in [-0.25, -0.2) is 4.39 Å². The number of amides is 1. The molecule has 2 saturated heterocycles. The molecule has 2 aromatic carbocycles. The summed E-state index contributed by atoms with van der Waals surface area (Å²) >= 11 is 0. The third-order valence-corrected chi connectivity index (χ3v) is 6.24. The van der Waals surface area contributed by atoms with Crippen LogP contribution in [0.2, 0.25) is 0 Å². The summed E-state index contributed by atoms with van der Waals surface area (Å²) < 4.78 is 25.7. The van der Waals surface area contributed by atoms with Crippen LogP contribution in [0.25, 0.3) is 0 Å². The highest BCUT2D eigenvalue weighted by atomic mass is 19.1. The van der Waals surface area contributed by atoms with Gasteiger partial charge in [0.05, 0.1) is 18.6 Å². The molecular formula is C24H29FN2O3. The molecule has 4 rings (SSSR count). The number of benzene rings is 2. The van der Waals surface area contributed by atoms with Gasteiger partial charge in [-0.15, -0.1) is 0 Å². The Balaban J connectivity index is 1.60. The van der Waals surface area contributed by atoms with E-state index in [1.54, 1.807) is 23.1 Å². The summed E-state index contributed by atoms with van der Waals surface area (Å²) in [6, 6.07) is 14.8. The Kier molecular flexibility index (Phi) is 6.35. The van der Waals surface area contributed by atoms with Crippen LogP contribution in [0.3, 0.4) is 0 Å². The molecule has 6 heteroatoms. The van der Waals surface area contributed by atoms with Gasteiger partial charge in [-0.3, -0.25) is 4.79 Å². The van der Waals surface area contributed by atoms with Crippen molar-refractivity contribution in [3.8, 4) is 0 Å². The van der Waals surface area contributed by atoms with E-state index in [-0.39, 0.29) is 11.7 Å². The second-order valence-corrected chi connectivity index (χ2v) is 8.06. The number of rotatable bonds is 5. The molecule has 30 heavy (non-hydrogen) atoms. The molecule has 0 aliphatic carbocycles. The number of carbonyl (C=O) groups excluding carboxylic acids is 1. The van der Waals surface area contributed by atoms with Gasteiger partial charge in [0.25, 0.3) is 0 Å². The minimum absolute atomic E-state index is 0.0484. The normalized spacial score (nSPS) is 18.8. The van der Waals surface area contributed by atoms with Crippen molar-refractivity contribution >= 4 is 11.6 Å². The minimum atomic E-state index is -0.883. The lowest BCUT2D eigenvalue weighted by atomic mass is 9.72. The van der Waals surface area contributed by atoms with E-state index in [2.05, 4.69) is 17.0 Å². The van der Waals surface area contributed by atoms with Crippen molar-refractivity contribution in [2.24, 2.45) is 0 Å². The molecule has 0 bridgehead atoms. The maximum Gasteiger partial charge on any atom is 0.233 e. The summed E-state index contributed by atoms with van der Waals surface area (Å²) in [4.78, 5) is 17.8. The average Bonchev–Trinajstić information content (AvgIpc) is 2.80. The highest BCUT2D eigenvalue weighted by molar-refractivity contribution is 5.88. The molecule has 0 atom stereocenters. The average molecular weight is 413 g/mol. The van der Waals surface area contributed by atoms with Gasteiger partial charge in [-0.1, -0.05) is 36.4 Å². The van der Waals surface area contributed by atoms with E-state index in [4.69, 9.17) is 9.47 Å². The molecule has 1 amide bonds. The van der Waals surface area contributed by atoms with E-state index in [9.17, 15) is 9.18 Å². The van der Waals surface area contributed by atoms with Gasteiger partial charge < -0.3 is 19.3 Å². The smallest absolute Gasteiger partial charge is 0.233 e. The number of hydrogen-bond donors (Lipinski definition) is 0. The van der Waals surface area contributed by atoms with Gasteiger partial charge in [0.15, 0.2) is 0 Å². The van der Waals surface area contributed by atoms with Crippen molar-refractivity contribution in [1.82, 2.24) is 4.90 Å². The zero-order valence-electron chi connectivity index (χ0n) is 17.5. The number of anilines is 1. The number of hydrogen-bond acceptors (Lipinski definition) is 4. The van der Waals surface area contributed by atoms with Gasteiger partial charge in [0, 0.05) is 51.1 Å². The molecule has 2 heterocycles. The van der Waals surface area contributed by atoms with Crippen LogP contribution in [-0.4, -0.2) is 57.4 Å². The number of likely N-dealkylation sites (N-methyl/N-ethyl adjacent to an activating group) is 1. The largest absolute Gasteiger partial charge is 0.381 e. The number of nitrogens with zero attached hydrogens (tertiary/aromatic N) is 2. The topological polar surface area (TPSA) is 42.0 Å². The van der Waals surface area contributed by atoms with Crippen LogP contribution in [0.4, 0.5) is 10.1 Å². The molecule has 2 aliphatic heterocycles. The Bertz CT molecular complexity index is 876. The van der Waals surface area contributed by atoms with Gasteiger partial charge >= 0.3 is 0 Å². The third-order valence-electron chi connectivity index (χ3n) is 6.24. The fourth-order valence-corrected chi connectivity index (χ4v) is 4.62. The number of carbonyl (C=O) groups is 1. The van der Waals surface area contributed by atoms with E-state index < -0.39 is 5.41 Å². The van der Waals surface area contributed by atoms with E-state index in [1.807, 2.05) is 19.2 Å². The van der Waals surface area contributed by atoms with E-state index in [0.717, 1.165) is 24.3 Å². The Hall–Kier alpha value is -2.44. The SMILES string of the molecule is CN(Cc1ccccc1N1CCOCC1)C(=O)C1(c2ccccc2F)CCOCC1. The Morgan fingerprint density at radius 2 is 1.63 bits per heavy atom. The summed E-state index contributed by atoms with van der Waals surface area (Å²) in [6.45, 7) is 4.48. The number of ether oxygens (including phenoxy) is 2. The fourth-order valence-electron chi connectivity index (χ4n) is 4.62. The molecule has 2 aromatic rings. The quantitative estimate of drug-likeness (QED) is 0.755. The molecule has 0 saturated carbocycles. The van der Waals surface area contributed by atoms with Gasteiger partial charge in [-0.2, -0.15) is 0 Å². The number of halogens is 1. The highest BCUT2D eigenvalue weighted by Crippen LogP contribution is 2.38. The molecule has 2 aliphatic rings. The van der Waals surface area contributed by atoms with Crippen molar-refractivity contribution in [3.63, 3.8) is 0 Å². The lowest BCUT2D eigenvalue weighted by Crippen LogP contribution is -2.49. The zero-order valence-corrected chi connectivity index (χ0v) is 17.5. The molecule has 0 spiro atoms. The third kappa shape index (κ3) is 4.07. The fraction of sp³-hybridized carbons (Fsp3) is 0.458. The first kappa shape index (κ1) is 20.8. The Labute approximate surface area is 177 Å². The number of morpholine rings is 1. The molecule has 0 unspecified atom stereocenters. The second-order valence-electron chi connectivity index (χ2n) is 8.06. The Morgan fingerprint density at radius 1 is 1.00 bits per heavy atom. The lowest BCUT2D eigenvalue weighted by molar-refractivity contribution is -0.140. The van der Waals surface area contributed by atoms with Crippen LogP contribution < -0.4 is 4.90 Å². The highest BCUT2D eigenvalue weighted by Gasteiger charge is 2.45. The molecular weight excluding hydrogens is 383 g/mol. The lowest BCUT2D eigenvalue weighted by Gasteiger charge is -2.39. The first-order valence-corrected chi connectivity index (χ1v) is 10.6. The monoisotopic (exact) mass is 412 g/mol. The van der Waals surface area contributed by atoms with E-state index in [0.29, 0.717) is 51.4 Å². The van der Waals surface area contributed by atoms with Gasteiger partial charge in [0.2, 0.25) is 5.91 Å². The first-order chi connectivity index (χ1) is 14.6. The number of para-hydroxylation sites is 1. The Morgan fingerprint density at radius 3 is 2.37 bits per heavy atom. The van der Waals surface area contributed by atoms with Crippen molar-refractivity contribution in [3.05, 3.63) is 65.5 Å². The summed E-state index contributed by atoms with van der Waals surface area (Å²) in [5.41, 5.74) is 1.82. The minimum Gasteiger partial charge on any atom is -0.381 e. The maximum absolute atomic E-state index is 14.7. The predicted molar refractivity (Wildman–Crippen MR) is 114 cm³/mol. The summed E-state index contributed by atoms with van der Waals surface area (Å²) in [5, 5.41) is 0. The van der Waals surface area contributed by atoms with Crippen molar-refractivity contribution in [2.75, 3.05) is 51.5 Å². The standard InChI is InChI=1S/C24H29FN2O3/c1-26(18-19-6-2-5-9-22(19)27-12-16-30-17-13-27)23(28)24(10-14-29-15-11-24)20-7-3-4-8-21(20)25/h2-9H,10-18H2,1H3. The van der Waals surface area contributed by atoms with Crippen LogP contribution in [-0.2, 0) is 26.2 Å². The first-order valence-electron chi connectivity index (χ1n) is 10.6. The van der Waals surface area contributed by atoms with Crippen LogP contribution in [0.15, 0.2) is 48.5 Å². The van der Waals surface area contributed by atoms with Crippen molar-refractivity contribution in [2.45, 2.75) is 24.8 Å². The van der Waals surface area contributed by atoms with E-state index in [1.165, 1.54) is 6.07 Å². The van der Waals surface area contributed by atoms with Gasteiger partial charge in [-0.05, 0) is 30.5 Å². The maximum atomic E-state index is 14.7.